The summed E-state index contributed by atoms with van der Waals surface area (Å²) in [6, 6.07) is 12.1. The second-order valence-electron chi connectivity index (χ2n) is 4.37. The first-order chi connectivity index (χ1) is 10.5. The number of halogens is 1. The first kappa shape index (κ1) is 15.4. The molecular formula is C16H11ClN2O3. The van der Waals surface area contributed by atoms with Crippen LogP contribution in [0.2, 0.25) is 5.02 Å². The number of carbonyl (C=O) groups is 1. The topological polar surface area (TPSA) is 93.3 Å². The van der Waals surface area contributed by atoms with Crippen molar-refractivity contribution in [2.45, 2.75) is 0 Å². The SMILES string of the molecule is N#C/C(=C\c1ccc(O)cc1O)C(=O)Nc1ccc(Cl)cc1. The number of nitrogens with zero attached hydrogens (tertiary/aromatic N) is 1. The van der Waals surface area contributed by atoms with Gasteiger partial charge in [-0.05, 0) is 42.5 Å². The van der Waals surface area contributed by atoms with Gasteiger partial charge in [0.2, 0.25) is 0 Å². The van der Waals surface area contributed by atoms with Crippen LogP contribution in [-0.4, -0.2) is 16.1 Å². The molecule has 1 amide bonds. The predicted molar refractivity (Wildman–Crippen MR) is 83.4 cm³/mol. The first-order valence-corrected chi connectivity index (χ1v) is 6.58. The summed E-state index contributed by atoms with van der Waals surface area (Å²) in [6.45, 7) is 0. The van der Waals surface area contributed by atoms with Gasteiger partial charge in [-0.3, -0.25) is 4.79 Å². The monoisotopic (exact) mass is 314 g/mol. The highest BCUT2D eigenvalue weighted by molar-refractivity contribution is 6.30. The number of phenolic OH excluding ortho intramolecular Hbond substituents is 2. The number of hydrogen-bond acceptors (Lipinski definition) is 4. The maximum Gasteiger partial charge on any atom is 0.266 e. The maximum atomic E-state index is 12.0. The second-order valence-corrected chi connectivity index (χ2v) is 4.81. The van der Waals surface area contributed by atoms with Crippen molar-refractivity contribution in [2.24, 2.45) is 0 Å². The Bertz CT molecular complexity index is 777. The predicted octanol–water partition coefficient (Wildman–Crippen LogP) is 3.30. The molecular weight excluding hydrogens is 304 g/mol. The Hall–Kier alpha value is -2.97. The van der Waals surface area contributed by atoms with Gasteiger partial charge in [0.1, 0.15) is 23.1 Å². The molecule has 3 N–H and O–H groups in total. The molecule has 0 aromatic heterocycles. The fourth-order valence-corrected chi connectivity index (χ4v) is 1.82. The van der Waals surface area contributed by atoms with E-state index in [-0.39, 0.29) is 22.6 Å². The Morgan fingerprint density at radius 3 is 2.45 bits per heavy atom. The summed E-state index contributed by atoms with van der Waals surface area (Å²) in [6.07, 6.45) is 1.24. The largest absolute Gasteiger partial charge is 0.508 e. The molecule has 0 bridgehead atoms. The lowest BCUT2D eigenvalue weighted by atomic mass is 10.1. The van der Waals surface area contributed by atoms with Crippen LogP contribution < -0.4 is 5.32 Å². The molecule has 0 aliphatic heterocycles. The van der Waals surface area contributed by atoms with Gasteiger partial charge in [-0.2, -0.15) is 5.26 Å². The number of hydrogen-bond donors (Lipinski definition) is 3. The summed E-state index contributed by atoms with van der Waals surface area (Å²) in [5.74, 6) is -0.955. The van der Waals surface area contributed by atoms with Crippen LogP contribution in [0.15, 0.2) is 48.0 Å². The van der Waals surface area contributed by atoms with E-state index in [1.165, 1.54) is 18.2 Å². The molecule has 0 heterocycles. The van der Waals surface area contributed by atoms with Crippen molar-refractivity contribution in [3.8, 4) is 17.6 Å². The van der Waals surface area contributed by atoms with Crippen molar-refractivity contribution in [1.82, 2.24) is 0 Å². The van der Waals surface area contributed by atoms with Crippen LogP contribution >= 0.6 is 11.6 Å². The highest BCUT2D eigenvalue weighted by atomic mass is 35.5. The van der Waals surface area contributed by atoms with Gasteiger partial charge in [0, 0.05) is 22.3 Å². The molecule has 2 aromatic carbocycles. The zero-order chi connectivity index (χ0) is 16.1. The van der Waals surface area contributed by atoms with Gasteiger partial charge < -0.3 is 15.5 Å². The van der Waals surface area contributed by atoms with E-state index in [2.05, 4.69) is 5.32 Å². The molecule has 0 radical (unpaired) electrons. The minimum absolute atomic E-state index is 0.112. The maximum absolute atomic E-state index is 12.0. The molecule has 0 aliphatic rings. The molecule has 0 atom stereocenters. The number of anilines is 1. The van der Waals surface area contributed by atoms with Crippen LogP contribution in [0.4, 0.5) is 5.69 Å². The number of rotatable bonds is 3. The van der Waals surface area contributed by atoms with E-state index in [1.807, 2.05) is 0 Å². The van der Waals surface area contributed by atoms with Crippen LogP contribution in [0, 0.1) is 11.3 Å². The third kappa shape index (κ3) is 3.78. The van der Waals surface area contributed by atoms with Crippen molar-refractivity contribution in [3.05, 3.63) is 58.6 Å². The molecule has 0 aliphatic carbocycles. The van der Waals surface area contributed by atoms with Crippen molar-refractivity contribution >= 4 is 29.3 Å². The number of amides is 1. The molecule has 5 nitrogen and oxygen atoms in total. The van der Waals surface area contributed by atoms with E-state index in [1.54, 1.807) is 30.3 Å². The zero-order valence-corrected chi connectivity index (χ0v) is 12.0. The molecule has 6 heteroatoms. The minimum Gasteiger partial charge on any atom is -0.508 e. The molecule has 0 saturated heterocycles. The second kappa shape index (κ2) is 6.66. The smallest absolute Gasteiger partial charge is 0.266 e. The molecule has 2 rings (SSSR count). The highest BCUT2D eigenvalue weighted by Gasteiger charge is 2.11. The highest BCUT2D eigenvalue weighted by Crippen LogP contribution is 2.25. The minimum atomic E-state index is -0.614. The Balaban J connectivity index is 2.23. The third-order valence-electron chi connectivity index (χ3n) is 2.78. The molecule has 22 heavy (non-hydrogen) atoms. The molecule has 0 saturated carbocycles. The Kier molecular flexibility index (Phi) is 4.66. The van der Waals surface area contributed by atoms with Crippen molar-refractivity contribution in [2.75, 3.05) is 5.32 Å². The Labute approximate surface area is 131 Å². The number of nitriles is 1. The summed E-state index contributed by atoms with van der Waals surface area (Å²) in [5, 5.41) is 31.1. The van der Waals surface area contributed by atoms with E-state index in [9.17, 15) is 15.0 Å². The summed E-state index contributed by atoms with van der Waals surface area (Å²) in [5.41, 5.74) is 0.557. The zero-order valence-electron chi connectivity index (χ0n) is 11.2. The molecule has 2 aromatic rings. The van der Waals surface area contributed by atoms with E-state index in [4.69, 9.17) is 16.9 Å². The Morgan fingerprint density at radius 1 is 1.18 bits per heavy atom. The van der Waals surface area contributed by atoms with Crippen molar-refractivity contribution in [3.63, 3.8) is 0 Å². The van der Waals surface area contributed by atoms with Gasteiger partial charge in [-0.1, -0.05) is 11.6 Å². The lowest BCUT2D eigenvalue weighted by Crippen LogP contribution is -2.13. The number of nitrogens with one attached hydrogen (secondary N) is 1. The number of phenols is 2. The van der Waals surface area contributed by atoms with Gasteiger partial charge in [0.15, 0.2) is 0 Å². The number of aromatic hydroxyl groups is 2. The van der Waals surface area contributed by atoms with E-state index in [0.717, 1.165) is 6.07 Å². The van der Waals surface area contributed by atoms with Crippen LogP contribution in [0.25, 0.3) is 6.08 Å². The van der Waals surface area contributed by atoms with Gasteiger partial charge in [0.25, 0.3) is 5.91 Å². The van der Waals surface area contributed by atoms with Gasteiger partial charge >= 0.3 is 0 Å². The van der Waals surface area contributed by atoms with Crippen LogP contribution in [0.5, 0.6) is 11.5 Å². The summed E-state index contributed by atoms with van der Waals surface area (Å²) < 4.78 is 0. The molecule has 0 unspecified atom stereocenters. The van der Waals surface area contributed by atoms with E-state index in [0.29, 0.717) is 10.7 Å². The summed E-state index contributed by atoms with van der Waals surface area (Å²) in [4.78, 5) is 12.0. The number of carbonyl (C=O) groups excluding carboxylic acids is 1. The molecule has 110 valence electrons. The van der Waals surface area contributed by atoms with Gasteiger partial charge in [0.05, 0.1) is 0 Å². The van der Waals surface area contributed by atoms with Gasteiger partial charge in [-0.15, -0.1) is 0 Å². The summed E-state index contributed by atoms with van der Waals surface area (Å²) in [7, 11) is 0. The molecule has 0 spiro atoms. The lowest BCUT2D eigenvalue weighted by molar-refractivity contribution is -0.112. The lowest BCUT2D eigenvalue weighted by Gasteiger charge is -2.05. The van der Waals surface area contributed by atoms with Crippen LogP contribution in [0.3, 0.4) is 0 Å². The summed E-state index contributed by atoms with van der Waals surface area (Å²) >= 11 is 5.75. The average molecular weight is 315 g/mol. The quantitative estimate of drug-likeness (QED) is 0.598. The number of benzene rings is 2. The van der Waals surface area contributed by atoms with Crippen molar-refractivity contribution < 1.29 is 15.0 Å². The Morgan fingerprint density at radius 2 is 1.86 bits per heavy atom. The van der Waals surface area contributed by atoms with Crippen LogP contribution in [0.1, 0.15) is 5.56 Å². The standard InChI is InChI=1S/C16H11ClN2O3/c17-12-2-4-13(5-3-12)19-16(22)11(9-18)7-10-1-6-14(20)8-15(10)21/h1-8,20-21H,(H,19,22)/b11-7+. The van der Waals surface area contributed by atoms with E-state index < -0.39 is 5.91 Å². The van der Waals surface area contributed by atoms with Gasteiger partial charge in [-0.25, -0.2) is 0 Å². The first-order valence-electron chi connectivity index (χ1n) is 6.20. The van der Waals surface area contributed by atoms with Crippen molar-refractivity contribution in [1.29, 1.82) is 5.26 Å². The third-order valence-corrected chi connectivity index (χ3v) is 3.03. The molecule has 0 fully saturated rings. The average Bonchev–Trinajstić information content (AvgIpc) is 2.49. The fraction of sp³-hybridized carbons (Fsp3) is 0. The van der Waals surface area contributed by atoms with Crippen LogP contribution in [-0.2, 0) is 4.79 Å². The normalized spacial score (nSPS) is 10.8. The van der Waals surface area contributed by atoms with E-state index >= 15 is 0 Å². The fourth-order valence-electron chi connectivity index (χ4n) is 1.69.